The summed E-state index contributed by atoms with van der Waals surface area (Å²) in [4.78, 5) is 30.4. The molecule has 0 aliphatic carbocycles. The van der Waals surface area contributed by atoms with Crippen LogP contribution in [0, 0.1) is 0 Å². The normalized spacial score (nSPS) is 15.0. The van der Waals surface area contributed by atoms with Crippen LogP contribution in [0.1, 0.15) is 48.2 Å². The van der Waals surface area contributed by atoms with Gasteiger partial charge in [-0.25, -0.2) is 4.98 Å². The zero-order chi connectivity index (χ0) is 18.4. The highest BCUT2D eigenvalue weighted by Gasteiger charge is 2.17. The highest BCUT2D eigenvalue weighted by Crippen LogP contribution is 2.19. The van der Waals surface area contributed by atoms with E-state index in [9.17, 15) is 9.59 Å². The Morgan fingerprint density at radius 2 is 2.12 bits per heavy atom. The van der Waals surface area contributed by atoms with Gasteiger partial charge in [0.1, 0.15) is 5.76 Å². The minimum absolute atomic E-state index is 0.0982. The molecule has 3 heterocycles. The standard InChI is InChI=1S/C18H23N3O4S/c1-2-24-16(22)10-13-12-26-18(19-13)20-17(23)15-7-6-14(25-15)11-21-8-4-3-5-9-21/h6-7,12H,2-5,8-11H2,1H3,(H,19,20,23). The van der Waals surface area contributed by atoms with Gasteiger partial charge in [0.05, 0.1) is 25.3 Å². The van der Waals surface area contributed by atoms with Crippen LogP contribution in [-0.4, -0.2) is 41.5 Å². The second kappa shape index (κ2) is 8.95. The van der Waals surface area contributed by atoms with Gasteiger partial charge in [-0.2, -0.15) is 0 Å². The van der Waals surface area contributed by atoms with Gasteiger partial charge in [0.15, 0.2) is 10.9 Å². The summed E-state index contributed by atoms with van der Waals surface area (Å²) in [6.07, 6.45) is 3.81. The number of nitrogens with one attached hydrogen (secondary N) is 1. The summed E-state index contributed by atoms with van der Waals surface area (Å²) in [5.74, 6) is 0.384. The van der Waals surface area contributed by atoms with Crippen LogP contribution in [0.25, 0.3) is 0 Å². The van der Waals surface area contributed by atoms with E-state index in [0.717, 1.165) is 25.4 Å². The summed E-state index contributed by atoms with van der Waals surface area (Å²) in [5, 5.41) is 4.88. The molecule has 3 rings (SSSR count). The van der Waals surface area contributed by atoms with Crippen molar-refractivity contribution >= 4 is 28.3 Å². The number of rotatable bonds is 7. The summed E-state index contributed by atoms with van der Waals surface area (Å²) in [5.41, 5.74) is 0.578. The van der Waals surface area contributed by atoms with Crippen molar-refractivity contribution in [1.29, 1.82) is 0 Å². The number of carbonyl (C=O) groups is 2. The number of carbonyl (C=O) groups excluding carboxylic acids is 2. The summed E-state index contributed by atoms with van der Waals surface area (Å²) in [7, 11) is 0. The Kier molecular flexibility index (Phi) is 6.40. The smallest absolute Gasteiger partial charge is 0.311 e. The van der Waals surface area contributed by atoms with Crippen molar-refractivity contribution in [1.82, 2.24) is 9.88 Å². The lowest BCUT2D eigenvalue weighted by Gasteiger charge is -2.25. The van der Waals surface area contributed by atoms with E-state index in [-0.39, 0.29) is 24.1 Å². The van der Waals surface area contributed by atoms with Gasteiger partial charge in [0.25, 0.3) is 5.91 Å². The maximum atomic E-state index is 12.3. The molecule has 1 aliphatic heterocycles. The lowest BCUT2D eigenvalue weighted by Crippen LogP contribution is -2.28. The van der Waals surface area contributed by atoms with E-state index in [2.05, 4.69) is 15.2 Å². The Hall–Kier alpha value is -2.19. The molecule has 2 aromatic rings. The molecule has 1 N–H and O–H groups in total. The molecule has 140 valence electrons. The van der Waals surface area contributed by atoms with Crippen molar-refractivity contribution in [2.45, 2.75) is 39.2 Å². The molecular weight excluding hydrogens is 354 g/mol. The third-order valence-electron chi connectivity index (χ3n) is 4.12. The van der Waals surface area contributed by atoms with Crippen LogP contribution >= 0.6 is 11.3 Å². The van der Waals surface area contributed by atoms with Crippen LogP contribution in [0.5, 0.6) is 0 Å². The Morgan fingerprint density at radius 1 is 1.31 bits per heavy atom. The maximum Gasteiger partial charge on any atom is 0.311 e. The van der Waals surface area contributed by atoms with Gasteiger partial charge in [0, 0.05) is 5.38 Å². The number of amides is 1. The van der Waals surface area contributed by atoms with Crippen LogP contribution in [0.3, 0.4) is 0 Å². The van der Waals surface area contributed by atoms with Crippen LogP contribution in [0.2, 0.25) is 0 Å². The fraction of sp³-hybridized carbons (Fsp3) is 0.500. The number of thiazole rings is 1. The highest BCUT2D eigenvalue weighted by atomic mass is 32.1. The van der Waals surface area contributed by atoms with Gasteiger partial charge < -0.3 is 9.15 Å². The molecule has 0 saturated carbocycles. The third-order valence-corrected chi connectivity index (χ3v) is 4.92. The first kappa shape index (κ1) is 18.6. The number of nitrogens with zero attached hydrogens (tertiary/aromatic N) is 2. The Bertz CT molecular complexity index is 749. The van der Waals surface area contributed by atoms with E-state index < -0.39 is 0 Å². The van der Waals surface area contributed by atoms with Crippen molar-refractivity contribution in [3.63, 3.8) is 0 Å². The Balaban J connectivity index is 1.53. The zero-order valence-electron chi connectivity index (χ0n) is 14.8. The van der Waals surface area contributed by atoms with Crippen molar-refractivity contribution in [2.75, 3.05) is 25.0 Å². The molecular formula is C18H23N3O4S. The first-order chi connectivity index (χ1) is 12.6. The van der Waals surface area contributed by atoms with E-state index in [4.69, 9.17) is 9.15 Å². The summed E-state index contributed by atoms with van der Waals surface area (Å²) < 4.78 is 10.6. The van der Waals surface area contributed by atoms with Crippen molar-refractivity contribution < 1.29 is 18.7 Å². The number of hydrogen-bond acceptors (Lipinski definition) is 7. The third kappa shape index (κ3) is 5.15. The van der Waals surface area contributed by atoms with Crippen LogP contribution in [0.15, 0.2) is 21.9 Å². The number of ether oxygens (including phenoxy) is 1. The van der Waals surface area contributed by atoms with Crippen LogP contribution < -0.4 is 5.32 Å². The minimum atomic E-state index is -0.341. The lowest BCUT2D eigenvalue weighted by atomic mass is 10.1. The monoisotopic (exact) mass is 377 g/mol. The van der Waals surface area contributed by atoms with E-state index in [1.54, 1.807) is 18.4 Å². The summed E-state index contributed by atoms with van der Waals surface area (Å²) in [6.45, 7) is 4.97. The molecule has 8 heteroatoms. The predicted octanol–water partition coefficient (Wildman–Crippen LogP) is 3.08. The predicted molar refractivity (Wildman–Crippen MR) is 98.2 cm³/mol. The zero-order valence-corrected chi connectivity index (χ0v) is 15.6. The van der Waals surface area contributed by atoms with Gasteiger partial charge in [0.2, 0.25) is 0 Å². The molecule has 2 aromatic heterocycles. The topological polar surface area (TPSA) is 84.7 Å². The van der Waals surface area contributed by atoms with Gasteiger partial charge in [-0.15, -0.1) is 11.3 Å². The van der Waals surface area contributed by atoms with E-state index >= 15 is 0 Å². The first-order valence-electron chi connectivity index (χ1n) is 8.86. The van der Waals surface area contributed by atoms with E-state index in [1.807, 2.05) is 6.07 Å². The Labute approximate surface area is 156 Å². The second-order valence-electron chi connectivity index (χ2n) is 6.18. The first-order valence-corrected chi connectivity index (χ1v) is 9.74. The average molecular weight is 377 g/mol. The second-order valence-corrected chi connectivity index (χ2v) is 7.04. The average Bonchev–Trinajstić information content (AvgIpc) is 3.26. The number of anilines is 1. The summed E-state index contributed by atoms with van der Waals surface area (Å²) >= 11 is 1.27. The SMILES string of the molecule is CCOC(=O)Cc1csc(NC(=O)c2ccc(CN3CCCCC3)o2)n1. The van der Waals surface area contributed by atoms with Gasteiger partial charge in [-0.3, -0.25) is 19.8 Å². The van der Waals surface area contributed by atoms with Crippen LogP contribution in [-0.2, 0) is 22.5 Å². The molecule has 1 fully saturated rings. The highest BCUT2D eigenvalue weighted by molar-refractivity contribution is 7.14. The van der Waals surface area contributed by atoms with Gasteiger partial charge in [-0.1, -0.05) is 6.42 Å². The minimum Gasteiger partial charge on any atom is -0.466 e. The molecule has 1 amide bonds. The molecule has 0 atom stereocenters. The molecule has 0 unspecified atom stereocenters. The number of likely N-dealkylation sites (tertiary alicyclic amines) is 1. The molecule has 0 spiro atoms. The number of hydrogen-bond donors (Lipinski definition) is 1. The number of aromatic nitrogens is 1. The summed E-state index contributed by atoms with van der Waals surface area (Å²) in [6, 6.07) is 3.53. The van der Waals surface area contributed by atoms with Gasteiger partial charge >= 0.3 is 5.97 Å². The van der Waals surface area contributed by atoms with Crippen molar-refractivity contribution in [2.24, 2.45) is 0 Å². The van der Waals surface area contributed by atoms with Crippen molar-refractivity contribution in [3.8, 4) is 0 Å². The van der Waals surface area contributed by atoms with Crippen molar-refractivity contribution in [3.05, 3.63) is 34.7 Å². The Morgan fingerprint density at radius 3 is 2.88 bits per heavy atom. The van der Waals surface area contributed by atoms with E-state index in [1.165, 1.54) is 30.6 Å². The molecule has 1 aliphatic rings. The van der Waals surface area contributed by atoms with Gasteiger partial charge in [-0.05, 0) is 45.0 Å². The molecule has 0 aromatic carbocycles. The number of esters is 1. The van der Waals surface area contributed by atoms with Crippen LogP contribution in [0.4, 0.5) is 5.13 Å². The fourth-order valence-corrected chi connectivity index (χ4v) is 3.59. The lowest BCUT2D eigenvalue weighted by molar-refractivity contribution is -0.142. The molecule has 0 bridgehead atoms. The molecule has 1 saturated heterocycles. The largest absolute Gasteiger partial charge is 0.466 e. The molecule has 7 nitrogen and oxygen atoms in total. The number of piperidine rings is 1. The number of furan rings is 1. The molecule has 26 heavy (non-hydrogen) atoms. The van der Waals surface area contributed by atoms with E-state index in [0.29, 0.717) is 17.4 Å². The maximum absolute atomic E-state index is 12.3. The fourth-order valence-electron chi connectivity index (χ4n) is 2.89. The quantitative estimate of drug-likeness (QED) is 0.747. The molecule has 0 radical (unpaired) electrons.